The number of hydrogen-bond acceptors (Lipinski definition) is 1. The molecule has 0 bridgehead atoms. The zero-order valence-corrected chi connectivity index (χ0v) is 13.7. The first-order valence-corrected chi connectivity index (χ1v) is 8.86. The molecular formula is C18H34N2. The summed E-state index contributed by atoms with van der Waals surface area (Å²) in [6, 6.07) is 0.681. The van der Waals surface area contributed by atoms with Crippen LogP contribution in [0.25, 0.3) is 0 Å². The summed E-state index contributed by atoms with van der Waals surface area (Å²) in [7, 11) is 0. The highest BCUT2D eigenvalue weighted by atomic mass is 15.0. The smallest absolute Gasteiger partial charge is 0.0948 e. The van der Waals surface area contributed by atoms with Crippen LogP contribution >= 0.6 is 0 Å². The Morgan fingerprint density at radius 1 is 0.800 bits per heavy atom. The molecule has 0 fully saturated rings. The van der Waals surface area contributed by atoms with E-state index in [1.165, 1.54) is 77.0 Å². The summed E-state index contributed by atoms with van der Waals surface area (Å²) < 4.78 is 2.33. The van der Waals surface area contributed by atoms with Gasteiger partial charge in [-0.2, -0.15) is 0 Å². The van der Waals surface area contributed by atoms with Gasteiger partial charge in [-0.25, -0.2) is 4.98 Å². The maximum absolute atomic E-state index is 4.22. The van der Waals surface area contributed by atoms with Crippen LogP contribution in [0.15, 0.2) is 18.7 Å². The third-order valence-electron chi connectivity index (χ3n) is 4.23. The number of rotatable bonds is 13. The number of unbranched alkanes of at least 4 members (excludes halogenated alkanes) is 8. The van der Waals surface area contributed by atoms with Crippen LogP contribution in [-0.2, 0) is 0 Å². The summed E-state index contributed by atoms with van der Waals surface area (Å²) in [5.74, 6) is 0. The molecule has 0 saturated heterocycles. The van der Waals surface area contributed by atoms with Gasteiger partial charge >= 0.3 is 0 Å². The standard InChI is InChI=1S/C18H34N2/c1-3-5-7-9-11-13-18(20-16-15-19-17-20)14-12-10-8-6-4-2/h15-18H,3-14H2,1-2H3. The van der Waals surface area contributed by atoms with Gasteiger partial charge in [-0.1, -0.05) is 78.1 Å². The number of imidazole rings is 1. The monoisotopic (exact) mass is 278 g/mol. The van der Waals surface area contributed by atoms with E-state index in [0.29, 0.717) is 6.04 Å². The molecule has 1 aromatic heterocycles. The molecule has 20 heavy (non-hydrogen) atoms. The second kappa shape index (κ2) is 12.0. The van der Waals surface area contributed by atoms with Crippen molar-refractivity contribution in [1.29, 1.82) is 0 Å². The molecule has 0 radical (unpaired) electrons. The van der Waals surface area contributed by atoms with Crippen molar-refractivity contribution in [2.75, 3.05) is 0 Å². The fraction of sp³-hybridized carbons (Fsp3) is 0.833. The van der Waals surface area contributed by atoms with Crippen molar-refractivity contribution in [3.63, 3.8) is 0 Å². The van der Waals surface area contributed by atoms with Crippen molar-refractivity contribution < 1.29 is 0 Å². The van der Waals surface area contributed by atoms with Gasteiger partial charge in [0.2, 0.25) is 0 Å². The lowest BCUT2D eigenvalue weighted by atomic mass is 10.0. The van der Waals surface area contributed by atoms with Crippen molar-refractivity contribution >= 4 is 0 Å². The van der Waals surface area contributed by atoms with Crippen LogP contribution in [0.5, 0.6) is 0 Å². The number of hydrogen-bond donors (Lipinski definition) is 0. The van der Waals surface area contributed by atoms with E-state index in [0.717, 1.165) is 0 Å². The third kappa shape index (κ3) is 7.72. The molecule has 0 aliphatic rings. The number of aromatic nitrogens is 2. The molecule has 0 aromatic carbocycles. The molecule has 1 rings (SSSR count). The lowest BCUT2D eigenvalue weighted by Crippen LogP contribution is -2.07. The zero-order chi connectivity index (χ0) is 14.5. The number of nitrogens with zero attached hydrogens (tertiary/aromatic N) is 2. The Bertz CT molecular complexity index is 278. The molecule has 1 aromatic rings. The van der Waals surface area contributed by atoms with Gasteiger partial charge in [-0.3, -0.25) is 0 Å². The normalized spacial score (nSPS) is 11.3. The highest BCUT2D eigenvalue weighted by Crippen LogP contribution is 2.23. The molecule has 0 spiro atoms. The second-order valence-corrected chi connectivity index (χ2v) is 6.07. The van der Waals surface area contributed by atoms with Gasteiger partial charge in [0.25, 0.3) is 0 Å². The van der Waals surface area contributed by atoms with Gasteiger partial charge in [-0.05, 0) is 12.8 Å². The third-order valence-corrected chi connectivity index (χ3v) is 4.23. The molecule has 1 heterocycles. The van der Waals surface area contributed by atoms with Crippen molar-refractivity contribution in [1.82, 2.24) is 9.55 Å². The first-order valence-electron chi connectivity index (χ1n) is 8.86. The summed E-state index contributed by atoms with van der Waals surface area (Å²) in [5.41, 5.74) is 0. The molecule has 116 valence electrons. The molecule has 0 amide bonds. The van der Waals surface area contributed by atoms with E-state index in [1.807, 2.05) is 12.5 Å². The van der Waals surface area contributed by atoms with Crippen LogP contribution in [0.1, 0.15) is 96.9 Å². The predicted octanol–water partition coefficient (Wildman–Crippen LogP) is 6.15. The fourth-order valence-electron chi connectivity index (χ4n) is 2.89. The zero-order valence-electron chi connectivity index (χ0n) is 13.7. The highest BCUT2D eigenvalue weighted by molar-refractivity contribution is 4.80. The lowest BCUT2D eigenvalue weighted by molar-refractivity contribution is 0.394. The van der Waals surface area contributed by atoms with Gasteiger partial charge < -0.3 is 4.57 Å². The van der Waals surface area contributed by atoms with Gasteiger partial charge in [0, 0.05) is 18.4 Å². The predicted molar refractivity (Wildman–Crippen MR) is 88.0 cm³/mol. The highest BCUT2D eigenvalue weighted by Gasteiger charge is 2.09. The average Bonchev–Trinajstić information content (AvgIpc) is 2.98. The van der Waals surface area contributed by atoms with Gasteiger partial charge in [0.15, 0.2) is 0 Å². The maximum Gasteiger partial charge on any atom is 0.0948 e. The Hall–Kier alpha value is -0.790. The van der Waals surface area contributed by atoms with Crippen LogP contribution < -0.4 is 0 Å². The maximum atomic E-state index is 4.22. The van der Waals surface area contributed by atoms with E-state index in [1.54, 1.807) is 0 Å². The molecule has 0 unspecified atom stereocenters. The first-order chi connectivity index (χ1) is 9.88. The average molecular weight is 278 g/mol. The minimum absolute atomic E-state index is 0.681. The summed E-state index contributed by atoms with van der Waals surface area (Å²) in [6.45, 7) is 4.56. The minimum atomic E-state index is 0.681. The van der Waals surface area contributed by atoms with Crippen LogP contribution in [-0.4, -0.2) is 9.55 Å². The fourth-order valence-corrected chi connectivity index (χ4v) is 2.89. The van der Waals surface area contributed by atoms with Crippen LogP contribution in [0, 0.1) is 0 Å². The summed E-state index contributed by atoms with van der Waals surface area (Å²) in [6.07, 6.45) is 22.5. The molecule has 2 nitrogen and oxygen atoms in total. The summed E-state index contributed by atoms with van der Waals surface area (Å²) >= 11 is 0. The van der Waals surface area contributed by atoms with Crippen LogP contribution in [0.3, 0.4) is 0 Å². The molecule has 0 aliphatic carbocycles. The molecule has 2 heteroatoms. The molecule has 0 atom stereocenters. The topological polar surface area (TPSA) is 17.8 Å². The molecule has 0 saturated carbocycles. The lowest BCUT2D eigenvalue weighted by Gasteiger charge is -2.18. The summed E-state index contributed by atoms with van der Waals surface area (Å²) in [4.78, 5) is 4.22. The Labute approximate surface area is 126 Å². The largest absolute Gasteiger partial charge is 0.334 e. The van der Waals surface area contributed by atoms with E-state index < -0.39 is 0 Å². The van der Waals surface area contributed by atoms with Crippen molar-refractivity contribution in [2.24, 2.45) is 0 Å². The van der Waals surface area contributed by atoms with Gasteiger partial charge in [0.05, 0.1) is 6.33 Å². The van der Waals surface area contributed by atoms with Crippen LogP contribution in [0.4, 0.5) is 0 Å². The molecule has 0 N–H and O–H groups in total. The molecule has 0 aliphatic heterocycles. The van der Waals surface area contributed by atoms with Crippen molar-refractivity contribution in [3.05, 3.63) is 18.7 Å². The van der Waals surface area contributed by atoms with E-state index in [2.05, 4.69) is 29.6 Å². The van der Waals surface area contributed by atoms with Crippen molar-refractivity contribution in [3.8, 4) is 0 Å². The summed E-state index contributed by atoms with van der Waals surface area (Å²) in [5, 5.41) is 0. The Balaban J connectivity index is 2.22. The van der Waals surface area contributed by atoms with Gasteiger partial charge in [0.1, 0.15) is 0 Å². The minimum Gasteiger partial charge on any atom is -0.334 e. The van der Waals surface area contributed by atoms with E-state index >= 15 is 0 Å². The quantitative estimate of drug-likeness (QED) is 0.396. The van der Waals surface area contributed by atoms with E-state index in [9.17, 15) is 0 Å². The second-order valence-electron chi connectivity index (χ2n) is 6.07. The Morgan fingerprint density at radius 2 is 1.35 bits per heavy atom. The van der Waals surface area contributed by atoms with E-state index in [4.69, 9.17) is 0 Å². The van der Waals surface area contributed by atoms with Crippen LogP contribution in [0.2, 0.25) is 0 Å². The SMILES string of the molecule is CCCCCCCC(CCCCCCC)n1ccnc1. The Morgan fingerprint density at radius 3 is 1.80 bits per heavy atom. The first kappa shape index (κ1) is 17.3. The molecular weight excluding hydrogens is 244 g/mol. The van der Waals surface area contributed by atoms with Crippen molar-refractivity contribution in [2.45, 2.75) is 96.9 Å². The van der Waals surface area contributed by atoms with Gasteiger partial charge in [-0.15, -0.1) is 0 Å². The Kier molecular flexibility index (Phi) is 10.3. The van der Waals surface area contributed by atoms with E-state index in [-0.39, 0.29) is 0 Å².